The highest BCUT2D eigenvalue weighted by Crippen LogP contribution is 2.12. The zero-order valence-corrected chi connectivity index (χ0v) is 13.8. The summed E-state index contributed by atoms with van der Waals surface area (Å²) in [5, 5.41) is 17.1. The van der Waals surface area contributed by atoms with E-state index in [2.05, 4.69) is 10.2 Å². The number of halogens is 2. The van der Waals surface area contributed by atoms with Crippen molar-refractivity contribution in [1.82, 2.24) is 14.8 Å². The number of aromatic nitrogens is 3. The second-order valence-electron chi connectivity index (χ2n) is 4.42. The Labute approximate surface area is 135 Å². The summed E-state index contributed by atoms with van der Waals surface area (Å²) < 4.78 is 25.1. The second kappa shape index (κ2) is 12.4. The lowest BCUT2D eigenvalue weighted by atomic mass is 10.1. The zero-order chi connectivity index (χ0) is 17.7. The van der Waals surface area contributed by atoms with Crippen molar-refractivity contribution in [2.24, 2.45) is 0 Å². The average Bonchev–Trinajstić information content (AvgIpc) is 3.05. The van der Waals surface area contributed by atoms with Crippen LogP contribution in [0.5, 0.6) is 0 Å². The summed E-state index contributed by atoms with van der Waals surface area (Å²) in [7, 11) is 0. The summed E-state index contributed by atoms with van der Waals surface area (Å²) in [5.74, 6) is 0.367. The first-order valence-electron chi connectivity index (χ1n) is 7.72. The normalized spacial score (nSPS) is 12.7. The smallest absolute Gasteiger partial charge is 0.259 e. The molecule has 1 heterocycles. The predicted molar refractivity (Wildman–Crippen MR) is 84.7 cm³/mol. The lowest BCUT2D eigenvalue weighted by Crippen LogP contribution is -2.03. The Morgan fingerprint density at radius 3 is 2.57 bits per heavy atom. The van der Waals surface area contributed by atoms with E-state index >= 15 is 0 Å². The fraction of sp³-hybridized carbons (Fsp3) is 0.600. The van der Waals surface area contributed by atoms with Crippen molar-refractivity contribution in [2.75, 3.05) is 0 Å². The fourth-order valence-electron chi connectivity index (χ4n) is 1.69. The van der Waals surface area contributed by atoms with Gasteiger partial charge in [0.25, 0.3) is 0 Å². The number of hydrogen-bond acceptors (Lipinski definition) is 4. The maximum absolute atomic E-state index is 12.2. The zero-order valence-electron chi connectivity index (χ0n) is 13.8. The Hall–Kier alpha value is -2.12. The average molecular weight is 330 g/mol. The van der Waals surface area contributed by atoms with Gasteiger partial charge >= 0.3 is 6.55 Å². The second-order valence-corrected chi connectivity index (χ2v) is 4.42. The molecule has 6 nitrogen and oxygen atoms in total. The Morgan fingerprint density at radius 1 is 1.43 bits per heavy atom. The van der Waals surface area contributed by atoms with Gasteiger partial charge in [-0.1, -0.05) is 39.3 Å². The molecule has 1 aliphatic carbocycles. The number of nitrogens with zero attached hydrogens (tertiary/aromatic N) is 4. The minimum absolute atomic E-state index is 0.317. The highest BCUT2D eigenvalue weighted by molar-refractivity contribution is 5.12. The van der Waals surface area contributed by atoms with Crippen molar-refractivity contribution < 1.29 is 13.7 Å². The molecule has 0 saturated carbocycles. The van der Waals surface area contributed by atoms with Crippen LogP contribution in [0.1, 0.15) is 58.8 Å². The van der Waals surface area contributed by atoms with Gasteiger partial charge in [0, 0.05) is 18.9 Å². The summed E-state index contributed by atoms with van der Waals surface area (Å²) in [6.07, 6.45) is 10.0. The van der Waals surface area contributed by atoms with Crippen LogP contribution in [0.4, 0.5) is 8.78 Å². The van der Waals surface area contributed by atoms with Crippen LogP contribution in [0.25, 0.3) is 0 Å². The number of aryl methyl sites for hydroxylation is 1. The number of rotatable bonds is 5. The Bertz CT molecular complexity index is 513. The summed E-state index contributed by atoms with van der Waals surface area (Å²) >= 11 is 0. The van der Waals surface area contributed by atoms with Gasteiger partial charge in [0.2, 0.25) is 5.70 Å². The summed E-state index contributed by atoms with van der Waals surface area (Å²) in [5.41, 5.74) is 0.317. The van der Waals surface area contributed by atoms with Crippen LogP contribution >= 0.6 is 0 Å². The third kappa shape index (κ3) is 8.18. The van der Waals surface area contributed by atoms with Crippen LogP contribution < -0.4 is 0 Å². The van der Waals surface area contributed by atoms with Gasteiger partial charge in [-0.15, -0.1) is 10.2 Å². The van der Waals surface area contributed by atoms with Crippen molar-refractivity contribution in [2.45, 2.75) is 59.4 Å². The van der Waals surface area contributed by atoms with E-state index in [0.29, 0.717) is 24.4 Å². The number of hydrogen-bond donors (Lipinski definition) is 0. The van der Waals surface area contributed by atoms with Gasteiger partial charge < -0.3 is 0 Å². The van der Waals surface area contributed by atoms with Crippen LogP contribution in [0, 0.1) is 10.1 Å². The summed E-state index contributed by atoms with van der Waals surface area (Å²) in [6.45, 7) is 3.48. The van der Waals surface area contributed by atoms with E-state index < -0.39 is 6.55 Å². The Morgan fingerprint density at radius 2 is 2.13 bits per heavy atom. The molecule has 0 bridgehead atoms. The van der Waals surface area contributed by atoms with Crippen molar-refractivity contribution in [3.63, 3.8) is 0 Å². The first kappa shape index (κ1) is 20.9. The highest BCUT2D eigenvalue weighted by Gasteiger charge is 2.11. The maximum atomic E-state index is 12.2. The van der Waals surface area contributed by atoms with Crippen LogP contribution in [0.2, 0.25) is 0 Å². The number of nitro groups is 1. The number of allylic oxidation sites excluding steroid dienone is 4. The van der Waals surface area contributed by atoms with Gasteiger partial charge in [-0.3, -0.25) is 14.7 Å². The third-order valence-corrected chi connectivity index (χ3v) is 2.84. The Balaban J connectivity index is 0.000000392. The molecule has 23 heavy (non-hydrogen) atoms. The molecule has 0 aromatic carbocycles. The van der Waals surface area contributed by atoms with E-state index in [4.69, 9.17) is 0 Å². The van der Waals surface area contributed by atoms with Gasteiger partial charge in [-0.25, -0.2) is 0 Å². The first-order valence-corrected chi connectivity index (χ1v) is 7.72. The van der Waals surface area contributed by atoms with E-state index in [9.17, 15) is 18.9 Å². The molecule has 2 rings (SSSR count). The monoisotopic (exact) mass is 330 g/mol. The van der Waals surface area contributed by atoms with E-state index in [1.165, 1.54) is 0 Å². The molecule has 1 aromatic rings. The minimum atomic E-state index is -2.52. The first-order chi connectivity index (χ1) is 11.1. The molecule has 0 amide bonds. The van der Waals surface area contributed by atoms with E-state index in [-0.39, 0.29) is 4.92 Å². The van der Waals surface area contributed by atoms with Crippen molar-refractivity contribution in [1.29, 1.82) is 0 Å². The molecule has 1 aliphatic rings. The maximum Gasteiger partial charge on any atom is 0.321 e. The number of alkyl halides is 2. The minimum Gasteiger partial charge on any atom is -0.259 e. The van der Waals surface area contributed by atoms with E-state index in [1.54, 1.807) is 12.2 Å². The molecular weight excluding hydrogens is 306 g/mol. The van der Waals surface area contributed by atoms with Crippen LogP contribution in [-0.2, 0) is 6.42 Å². The van der Waals surface area contributed by atoms with Crippen molar-refractivity contribution in [3.05, 3.63) is 46.2 Å². The molecule has 0 unspecified atom stereocenters. The van der Waals surface area contributed by atoms with Crippen molar-refractivity contribution in [3.8, 4) is 0 Å². The third-order valence-electron chi connectivity index (χ3n) is 2.84. The van der Waals surface area contributed by atoms with Gasteiger partial charge in [0.05, 0.1) is 4.92 Å². The fourth-order valence-corrected chi connectivity index (χ4v) is 1.69. The van der Waals surface area contributed by atoms with Gasteiger partial charge in [-0.2, -0.15) is 8.78 Å². The molecule has 0 N–H and O–H groups in total. The van der Waals surface area contributed by atoms with E-state index in [1.807, 2.05) is 26.8 Å². The van der Waals surface area contributed by atoms with Gasteiger partial charge in [-0.05, 0) is 12.8 Å². The van der Waals surface area contributed by atoms with Crippen LogP contribution in [0.3, 0.4) is 0 Å². The van der Waals surface area contributed by atoms with Crippen LogP contribution in [0.15, 0.2) is 30.3 Å². The molecule has 0 fully saturated rings. The lowest BCUT2D eigenvalue weighted by Gasteiger charge is -2.02. The summed E-state index contributed by atoms with van der Waals surface area (Å²) in [4.78, 5) is 9.73. The van der Waals surface area contributed by atoms with E-state index in [0.717, 1.165) is 30.2 Å². The van der Waals surface area contributed by atoms with Gasteiger partial charge in [0.1, 0.15) is 12.2 Å². The molecule has 0 saturated heterocycles. The molecule has 130 valence electrons. The topological polar surface area (TPSA) is 73.8 Å². The number of unbranched alkanes of at least 4 members (excludes halogenated alkanes) is 1. The van der Waals surface area contributed by atoms with Crippen LogP contribution in [-0.4, -0.2) is 19.7 Å². The van der Waals surface area contributed by atoms with Crippen molar-refractivity contribution >= 4 is 0 Å². The lowest BCUT2D eigenvalue weighted by molar-refractivity contribution is -0.428. The predicted octanol–water partition coefficient (Wildman–Crippen LogP) is 4.54. The summed E-state index contributed by atoms with van der Waals surface area (Å²) in [6, 6.07) is 0. The molecule has 1 aromatic heterocycles. The molecule has 0 radical (unpaired) electrons. The molecule has 0 spiro atoms. The Kier molecular flexibility index (Phi) is 11.3. The standard InChI is InChI=1S/C7H11F2N3.C6H7NO2.C2H6/c1-2-3-4-6-11-10-5-12(6)7(8)9;8-7(9)6-4-2-1-3-5-6;1-2/h5,7H,2-4H2,1H3;1-2,4H,3,5H2;1-2H3. The molecule has 0 aliphatic heterocycles. The molecule has 8 heteroatoms. The SMILES string of the molecule is CC.CCCCc1nncn1C(F)F.O=[N+]([O-])C1=CC=CCC1. The molecule has 0 atom stereocenters. The quantitative estimate of drug-likeness (QED) is 0.587. The van der Waals surface area contributed by atoms with Gasteiger partial charge in [0.15, 0.2) is 0 Å². The largest absolute Gasteiger partial charge is 0.321 e. The highest BCUT2D eigenvalue weighted by atomic mass is 19.3. The molecular formula is C15H24F2N4O2.